The van der Waals surface area contributed by atoms with Crippen molar-refractivity contribution in [3.8, 4) is 0 Å². The van der Waals surface area contributed by atoms with E-state index in [1.807, 2.05) is 0 Å². The van der Waals surface area contributed by atoms with Crippen LogP contribution in [-0.2, 0) is 0 Å². The summed E-state index contributed by atoms with van der Waals surface area (Å²) in [6.07, 6.45) is 1.44. The Labute approximate surface area is 120 Å². The molecule has 0 spiro atoms. The minimum Gasteiger partial charge on any atom is -0.459 e. The molecule has 3 rings (SSSR count). The molecule has 0 saturated carbocycles. The summed E-state index contributed by atoms with van der Waals surface area (Å²) in [5, 5.41) is 0. The van der Waals surface area contributed by atoms with Crippen LogP contribution in [0.2, 0.25) is 0 Å². The second kappa shape index (κ2) is 5.55. The summed E-state index contributed by atoms with van der Waals surface area (Å²) in [6.45, 7) is 1.55. The van der Waals surface area contributed by atoms with Crippen LogP contribution in [0.1, 0.15) is 10.6 Å². The van der Waals surface area contributed by atoms with Crippen LogP contribution in [0.5, 0.6) is 0 Å². The van der Waals surface area contributed by atoms with Gasteiger partial charge < -0.3 is 14.2 Å². The smallest absolute Gasteiger partial charge is 0.289 e. The van der Waals surface area contributed by atoms with Gasteiger partial charge in [0.05, 0.1) is 6.26 Å². The number of amides is 1. The maximum absolute atomic E-state index is 13.7. The SMILES string of the molecule is O=C(c1ccco1)N1CCN(c2c(F)cccc2F)CC1. The van der Waals surface area contributed by atoms with E-state index in [4.69, 9.17) is 4.42 Å². The third-order valence-corrected chi connectivity index (χ3v) is 3.55. The number of piperazine rings is 1. The minimum absolute atomic E-state index is 0.0254. The van der Waals surface area contributed by atoms with Crippen molar-refractivity contribution in [2.45, 2.75) is 0 Å². The summed E-state index contributed by atoms with van der Waals surface area (Å²) < 4.78 is 32.5. The number of nitrogens with zero attached hydrogens (tertiary/aromatic N) is 2. The molecule has 0 N–H and O–H groups in total. The number of carbonyl (C=O) groups excluding carboxylic acids is 1. The van der Waals surface area contributed by atoms with Crippen LogP contribution in [0.25, 0.3) is 0 Å². The Balaban J connectivity index is 1.69. The van der Waals surface area contributed by atoms with E-state index in [1.54, 1.807) is 21.9 Å². The first kappa shape index (κ1) is 13.6. The Morgan fingerprint density at radius 1 is 1.00 bits per heavy atom. The maximum Gasteiger partial charge on any atom is 0.289 e. The largest absolute Gasteiger partial charge is 0.459 e. The zero-order chi connectivity index (χ0) is 14.8. The van der Waals surface area contributed by atoms with Crippen molar-refractivity contribution in [2.24, 2.45) is 0 Å². The van der Waals surface area contributed by atoms with Gasteiger partial charge in [-0.3, -0.25) is 4.79 Å². The van der Waals surface area contributed by atoms with Gasteiger partial charge in [-0.05, 0) is 24.3 Å². The summed E-state index contributed by atoms with van der Waals surface area (Å²) in [6, 6.07) is 7.06. The number of anilines is 1. The van der Waals surface area contributed by atoms with Crippen molar-refractivity contribution >= 4 is 11.6 Å². The van der Waals surface area contributed by atoms with Gasteiger partial charge in [0, 0.05) is 26.2 Å². The van der Waals surface area contributed by atoms with Crippen molar-refractivity contribution in [1.29, 1.82) is 0 Å². The van der Waals surface area contributed by atoms with Crippen molar-refractivity contribution in [3.63, 3.8) is 0 Å². The Morgan fingerprint density at radius 3 is 2.24 bits per heavy atom. The summed E-state index contributed by atoms with van der Waals surface area (Å²) >= 11 is 0. The molecule has 0 unspecified atom stereocenters. The van der Waals surface area contributed by atoms with Crippen LogP contribution in [0, 0.1) is 11.6 Å². The molecule has 6 heteroatoms. The van der Waals surface area contributed by atoms with E-state index in [0.717, 1.165) is 0 Å². The molecule has 1 fully saturated rings. The van der Waals surface area contributed by atoms with E-state index in [-0.39, 0.29) is 17.4 Å². The molecule has 1 aromatic carbocycles. The average Bonchev–Trinajstić information content (AvgIpc) is 3.01. The number of para-hydroxylation sites is 1. The van der Waals surface area contributed by atoms with Crippen LogP contribution in [0.4, 0.5) is 14.5 Å². The first-order chi connectivity index (χ1) is 10.2. The van der Waals surface area contributed by atoms with Crippen molar-refractivity contribution < 1.29 is 18.0 Å². The molecule has 0 radical (unpaired) electrons. The van der Waals surface area contributed by atoms with Gasteiger partial charge in [0.25, 0.3) is 5.91 Å². The molecule has 1 aliphatic heterocycles. The number of furan rings is 1. The lowest BCUT2D eigenvalue weighted by molar-refractivity contribution is 0.0714. The Bertz CT molecular complexity index is 615. The molecule has 2 heterocycles. The quantitative estimate of drug-likeness (QED) is 0.853. The molecular weight excluding hydrogens is 278 g/mol. The zero-order valence-electron chi connectivity index (χ0n) is 11.3. The molecule has 1 aromatic heterocycles. The van der Waals surface area contributed by atoms with E-state index in [1.165, 1.54) is 24.5 Å². The van der Waals surface area contributed by atoms with Gasteiger partial charge in [0.2, 0.25) is 0 Å². The standard InChI is InChI=1S/C15H14F2N2O2/c16-11-3-1-4-12(17)14(11)18-6-8-19(9-7-18)15(20)13-5-2-10-21-13/h1-5,10H,6-9H2. The summed E-state index contributed by atoms with van der Waals surface area (Å²) in [5.41, 5.74) is -0.0254. The molecule has 0 atom stereocenters. The van der Waals surface area contributed by atoms with E-state index < -0.39 is 11.6 Å². The molecule has 1 amide bonds. The normalized spacial score (nSPS) is 15.3. The predicted octanol–water partition coefficient (Wildman–Crippen LogP) is 2.52. The van der Waals surface area contributed by atoms with E-state index in [2.05, 4.69) is 0 Å². The fraction of sp³-hybridized carbons (Fsp3) is 0.267. The maximum atomic E-state index is 13.7. The molecular formula is C15H14F2N2O2. The zero-order valence-corrected chi connectivity index (χ0v) is 11.3. The lowest BCUT2D eigenvalue weighted by atomic mass is 10.2. The van der Waals surface area contributed by atoms with Crippen LogP contribution in [0.15, 0.2) is 41.0 Å². The highest BCUT2D eigenvalue weighted by Gasteiger charge is 2.26. The minimum atomic E-state index is -0.583. The molecule has 1 saturated heterocycles. The molecule has 110 valence electrons. The molecule has 2 aromatic rings. The Morgan fingerprint density at radius 2 is 1.67 bits per heavy atom. The number of rotatable bonds is 2. The summed E-state index contributed by atoms with van der Waals surface area (Å²) in [5.74, 6) is -1.09. The highest BCUT2D eigenvalue weighted by molar-refractivity contribution is 5.91. The highest BCUT2D eigenvalue weighted by Crippen LogP contribution is 2.24. The van der Waals surface area contributed by atoms with Gasteiger partial charge in [-0.2, -0.15) is 0 Å². The molecule has 0 bridgehead atoms. The number of benzene rings is 1. The number of carbonyl (C=O) groups is 1. The monoisotopic (exact) mass is 292 g/mol. The summed E-state index contributed by atoms with van der Waals surface area (Å²) in [7, 11) is 0. The van der Waals surface area contributed by atoms with Crippen molar-refractivity contribution in [1.82, 2.24) is 4.90 Å². The van der Waals surface area contributed by atoms with Gasteiger partial charge in [-0.25, -0.2) is 8.78 Å². The van der Waals surface area contributed by atoms with Gasteiger partial charge in [-0.15, -0.1) is 0 Å². The molecule has 4 nitrogen and oxygen atoms in total. The first-order valence-corrected chi connectivity index (χ1v) is 6.68. The van der Waals surface area contributed by atoms with Gasteiger partial charge in [-0.1, -0.05) is 6.07 Å². The van der Waals surface area contributed by atoms with Gasteiger partial charge in [0.15, 0.2) is 5.76 Å². The number of hydrogen-bond donors (Lipinski definition) is 0. The fourth-order valence-corrected chi connectivity index (χ4v) is 2.48. The third-order valence-electron chi connectivity index (χ3n) is 3.55. The molecule has 0 aliphatic carbocycles. The Kier molecular flexibility index (Phi) is 3.60. The highest BCUT2D eigenvalue weighted by atomic mass is 19.1. The fourth-order valence-electron chi connectivity index (χ4n) is 2.48. The van der Waals surface area contributed by atoms with Crippen LogP contribution in [0.3, 0.4) is 0 Å². The van der Waals surface area contributed by atoms with Crippen LogP contribution < -0.4 is 4.90 Å². The van der Waals surface area contributed by atoms with Gasteiger partial charge in [0.1, 0.15) is 17.3 Å². The predicted molar refractivity (Wildman–Crippen MR) is 73.2 cm³/mol. The molecule has 21 heavy (non-hydrogen) atoms. The summed E-state index contributed by atoms with van der Waals surface area (Å²) in [4.78, 5) is 15.3. The second-order valence-electron chi connectivity index (χ2n) is 4.83. The Hall–Kier alpha value is -2.37. The van der Waals surface area contributed by atoms with Gasteiger partial charge >= 0.3 is 0 Å². The first-order valence-electron chi connectivity index (χ1n) is 6.68. The third kappa shape index (κ3) is 2.61. The van der Waals surface area contributed by atoms with Crippen molar-refractivity contribution in [3.05, 3.63) is 54.0 Å². The van der Waals surface area contributed by atoms with E-state index >= 15 is 0 Å². The van der Waals surface area contributed by atoms with Crippen LogP contribution in [-0.4, -0.2) is 37.0 Å². The second-order valence-corrected chi connectivity index (χ2v) is 4.83. The number of halogens is 2. The number of hydrogen-bond acceptors (Lipinski definition) is 3. The topological polar surface area (TPSA) is 36.7 Å². The van der Waals surface area contributed by atoms with E-state index in [9.17, 15) is 13.6 Å². The van der Waals surface area contributed by atoms with E-state index in [0.29, 0.717) is 26.2 Å². The lowest BCUT2D eigenvalue weighted by Crippen LogP contribution is -2.49. The average molecular weight is 292 g/mol. The molecule has 1 aliphatic rings. The van der Waals surface area contributed by atoms with Crippen LogP contribution >= 0.6 is 0 Å². The lowest BCUT2D eigenvalue weighted by Gasteiger charge is -2.35. The van der Waals surface area contributed by atoms with Crippen molar-refractivity contribution in [2.75, 3.05) is 31.1 Å².